The van der Waals surface area contributed by atoms with Crippen LogP contribution < -0.4 is 15.3 Å². The van der Waals surface area contributed by atoms with Gasteiger partial charge in [0.25, 0.3) is 5.56 Å². The number of fused-ring (bicyclic) bond motifs is 1. The summed E-state index contributed by atoms with van der Waals surface area (Å²) in [5.41, 5.74) is 4.15. The Morgan fingerprint density at radius 3 is 2.24 bits per heavy atom. The summed E-state index contributed by atoms with van der Waals surface area (Å²) in [6.07, 6.45) is 3.29. The third kappa shape index (κ3) is 9.42. The summed E-state index contributed by atoms with van der Waals surface area (Å²) in [5.74, 6) is 0.253. The van der Waals surface area contributed by atoms with Gasteiger partial charge in [0.05, 0.1) is 23.0 Å². The van der Waals surface area contributed by atoms with Gasteiger partial charge in [0, 0.05) is 12.8 Å². The van der Waals surface area contributed by atoms with Crippen molar-refractivity contribution in [1.82, 2.24) is 9.66 Å². The summed E-state index contributed by atoms with van der Waals surface area (Å²) in [6.45, 7) is 8.56. The van der Waals surface area contributed by atoms with Crippen LogP contribution in [0, 0.1) is 5.92 Å². The molecule has 1 aromatic heterocycles. The smallest absolute Gasteiger partial charge is 0.429 e. The van der Waals surface area contributed by atoms with Crippen molar-refractivity contribution in [2.45, 2.75) is 85.5 Å². The van der Waals surface area contributed by atoms with E-state index in [2.05, 4.69) is 13.8 Å². The molecule has 9 nitrogen and oxygen atoms in total. The number of benzene rings is 4. The Hall–Kier alpha value is -5.44. The first-order chi connectivity index (χ1) is 24.7. The maximum absolute atomic E-state index is 14.4. The van der Waals surface area contributed by atoms with Crippen molar-refractivity contribution in [2.75, 3.05) is 5.01 Å². The molecule has 0 saturated carbocycles. The number of para-hydroxylation sites is 1. The van der Waals surface area contributed by atoms with Crippen molar-refractivity contribution >= 4 is 23.0 Å². The van der Waals surface area contributed by atoms with E-state index in [9.17, 15) is 19.5 Å². The van der Waals surface area contributed by atoms with Crippen LogP contribution in [-0.2, 0) is 37.2 Å². The van der Waals surface area contributed by atoms with Gasteiger partial charge >= 0.3 is 12.1 Å². The number of carbonyl (C=O) groups excluding carboxylic acids is 1. The topological polar surface area (TPSA) is 111 Å². The fraction of sp³-hybridized carbons (Fsp3) is 0.333. The van der Waals surface area contributed by atoms with Gasteiger partial charge in [-0.1, -0.05) is 107 Å². The number of hydrogen-bond donors (Lipinski definition) is 1. The third-order valence-corrected chi connectivity index (χ3v) is 8.87. The van der Waals surface area contributed by atoms with Gasteiger partial charge in [-0.15, -0.1) is 0 Å². The minimum absolute atomic E-state index is 0.0231. The first-order valence-electron chi connectivity index (χ1n) is 17.8. The molecular weight excluding hydrogens is 642 g/mol. The van der Waals surface area contributed by atoms with Gasteiger partial charge < -0.3 is 14.6 Å². The molecule has 5 aromatic rings. The number of ether oxygens (including phenoxy) is 2. The number of unbranched alkanes of at least 4 members (excludes halogenated alkanes) is 1. The molecule has 0 aliphatic heterocycles. The predicted octanol–water partition coefficient (Wildman–Crippen LogP) is 8.51. The van der Waals surface area contributed by atoms with Crippen molar-refractivity contribution in [2.24, 2.45) is 5.92 Å². The average Bonchev–Trinajstić information content (AvgIpc) is 3.13. The van der Waals surface area contributed by atoms with Crippen molar-refractivity contribution < 1.29 is 24.2 Å². The molecule has 1 atom stereocenters. The Morgan fingerprint density at radius 2 is 1.55 bits per heavy atom. The van der Waals surface area contributed by atoms with E-state index in [0.29, 0.717) is 35.3 Å². The minimum atomic E-state index is -0.976. The van der Waals surface area contributed by atoms with Crippen LogP contribution >= 0.6 is 0 Å². The number of aromatic carboxylic acids is 1. The number of carboxylic acid groups (broad SMARTS) is 1. The highest BCUT2D eigenvalue weighted by molar-refractivity contribution is 5.87. The number of rotatable bonds is 16. The molecule has 1 N–H and O–H groups in total. The van der Waals surface area contributed by atoms with Crippen LogP contribution in [-0.4, -0.2) is 32.9 Å². The summed E-state index contributed by atoms with van der Waals surface area (Å²) in [6, 6.07) is 29.6. The molecular formula is C42H47N3O6. The van der Waals surface area contributed by atoms with E-state index in [1.165, 1.54) is 9.69 Å². The molecule has 0 saturated heterocycles. The van der Waals surface area contributed by atoms with Crippen molar-refractivity contribution in [3.63, 3.8) is 0 Å². The second-order valence-electron chi connectivity index (χ2n) is 13.2. The summed E-state index contributed by atoms with van der Waals surface area (Å²) in [4.78, 5) is 44.9. The van der Waals surface area contributed by atoms with Crippen molar-refractivity contribution in [3.05, 3.63) is 141 Å². The molecule has 5 rings (SSSR count). The fourth-order valence-corrected chi connectivity index (χ4v) is 6.00. The first-order valence-corrected chi connectivity index (χ1v) is 17.8. The van der Waals surface area contributed by atoms with Gasteiger partial charge in [0.15, 0.2) is 0 Å². The molecule has 4 aromatic carbocycles. The number of hydrogen-bond acceptors (Lipinski definition) is 6. The quantitative estimate of drug-likeness (QED) is 0.111. The van der Waals surface area contributed by atoms with Gasteiger partial charge in [-0.2, -0.15) is 4.68 Å². The molecule has 0 fully saturated rings. The highest BCUT2D eigenvalue weighted by Gasteiger charge is 2.28. The van der Waals surface area contributed by atoms with Crippen LogP contribution in [0.3, 0.4) is 0 Å². The molecule has 1 amide bonds. The van der Waals surface area contributed by atoms with E-state index in [1.54, 1.807) is 36.4 Å². The number of aryl methyl sites for hydroxylation is 2. The van der Waals surface area contributed by atoms with Crippen LogP contribution in [0.4, 0.5) is 4.79 Å². The normalized spacial score (nSPS) is 11.8. The Balaban J connectivity index is 1.52. The van der Waals surface area contributed by atoms with E-state index in [0.717, 1.165) is 47.9 Å². The highest BCUT2D eigenvalue weighted by Crippen LogP contribution is 2.25. The van der Waals surface area contributed by atoms with Gasteiger partial charge in [0.1, 0.15) is 24.3 Å². The molecule has 0 aliphatic rings. The second-order valence-corrected chi connectivity index (χ2v) is 13.2. The first kappa shape index (κ1) is 36.8. The number of carbonyl (C=O) groups is 2. The molecule has 51 heavy (non-hydrogen) atoms. The highest BCUT2D eigenvalue weighted by atomic mass is 16.6. The maximum atomic E-state index is 14.4. The fourth-order valence-electron chi connectivity index (χ4n) is 6.00. The third-order valence-electron chi connectivity index (χ3n) is 8.87. The maximum Gasteiger partial charge on any atom is 0.429 e. The van der Waals surface area contributed by atoms with Crippen molar-refractivity contribution in [1.29, 1.82) is 0 Å². The van der Waals surface area contributed by atoms with Crippen LogP contribution in [0.5, 0.6) is 5.75 Å². The Bertz CT molecular complexity index is 1990. The molecule has 1 unspecified atom stereocenters. The molecule has 9 heteroatoms. The zero-order valence-electron chi connectivity index (χ0n) is 29.9. The van der Waals surface area contributed by atoms with Gasteiger partial charge in [-0.3, -0.25) is 4.79 Å². The lowest BCUT2D eigenvalue weighted by molar-refractivity contribution is 0.0694. The summed E-state index contributed by atoms with van der Waals surface area (Å²) in [7, 11) is 0. The lowest BCUT2D eigenvalue weighted by Gasteiger charge is -2.30. The summed E-state index contributed by atoms with van der Waals surface area (Å²) in [5, 5.41) is 11.1. The number of carboxylic acids is 1. The van der Waals surface area contributed by atoms with E-state index in [-0.39, 0.29) is 30.2 Å². The van der Waals surface area contributed by atoms with Crippen LogP contribution in [0.1, 0.15) is 85.4 Å². The van der Waals surface area contributed by atoms with E-state index >= 15 is 0 Å². The van der Waals surface area contributed by atoms with Crippen LogP contribution in [0.2, 0.25) is 0 Å². The molecule has 1 heterocycles. The van der Waals surface area contributed by atoms with E-state index < -0.39 is 18.2 Å². The predicted molar refractivity (Wildman–Crippen MR) is 200 cm³/mol. The van der Waals surface area contributed by atoms with Gasteiger partial charge in [0.2, 0.25) is 0 Å². The number of aromatic nitrogens is 2. The minimum Gasteiger partial charge on any atom is -0.489 e. The molecule has 266 valence electrons. The molecule has 0 aliphatic carbocycles. The monoisotopic (exact) mass is 689 g/mol. The van der Waals surface area contributed by atoms with Crippen LogP contribution in [0.25, 0.3) is 10.9 Å². The Morgan fingerprint density at radius 1 is 0.843 bits per heavy atom. The molecule has 0 radical (unpaired) electrons. The number of amides is 1. The largest absolute Gasteiger partial charge is 0.489 e. The zero-order chi connectivity index (χ0) is 36.3. The Kier molecular flexibility index (Phi) is 12.6. The van der Waals surface area contributed by atoms with Gasteiger partial charge in [-0.05, 0) is 71.3 Å². The van der Waals surface area contributed by atoms with Crippen LogP contribution in [0.15, 0.2) is 102 Å². The lowest BCUT2D eigenvalue weighted by atomic mass is 9.99. The standard InChI is InChI=1S/C42H47N3O6/c1-5-7-18-39-43-36-17-12-11-16-35(36)40(46)45(39)44(42(49)51-38(29(3)4)26-30-14-9-8-10-15-30)27-32-21-24-37(34(25-32)13-6-2)50-28-31-19-22-33(23-20-31)41(47)48/h8-12,14-17,19-25,29,38H,5-7,13,18,26-28H2,1-4H3,(H,47,48). The van der Waals surface area contributed by atoms with E-state index in [4.69, 9.17) is 14.5 Å². The second kappa shape index (κ2) is 17.5. The van der Waals surface area contributed by atoms with Crippen molar-refractivity contribution in [3.8, 4) is 5.75 Å². The molecule has 0 bridgehead atoms. The summed E-state index contributed by atoms with van der Waals surface area (Å²) < 4.78 is 13.9. The Labute approximate surface area is 299 Å². The SMILES string of the molecule is CCCCc1nc2ccccc2c(=O)n1N(Cc1ccc(OCc2ccc(C(=O)O)cc2)c(CCC)c1)C(=O)OC(Cc1ccccc1)C(C)C. The molecule has 0 spiro atoms. The zero-order valence-corrected chi connectivity index (χ0v) is 29.9. The number of nitrogens with zero attached hydrogens (tertiary/aromatic N) is 3. The summed E-state index contributed by atoms with van der Waals surface area (Å²) >= 11 is 0. The van der Waals surface area contributed by atoms with E-state index in [1.807, 2.05) is 74.5 Å². The van der Waals surface area contributed by atoms with Gasteiger partial charge in [-0.25, -0.2) is 19.6 Å². The lowest BCUT2D eigenvalue weighted by Crippen LogP contribution is -2.49. The average molecular weight is 690 g/mol.